The summed E-state index contributed by atoms with van der Waals surface area (Å²) in [5, 5.41) is 0. The largest absolute Gasteiger partial charge is 0.573 e. The number of halogens is 4. The van der Waals surface area contributed by atoms with E-state index in [2.05, 4.69) is 9.72 Å². The summed E-state index contributed by atoms with van der Waals surface area (Å²) in [5.74, 6) is -0.847. The third-order valence-corrected chi connectivity index (χ3v) is 3.27. The second kappa shape index (κ2) is 7.28. The van der Waals surface area contributed by atoms with E-state index in [0.717, 1.165) is 12.1 Å². The second-order valence-electron chi connectivity index (χ2n) is 3.46. The van der Waals surface area contributed by atoms with Crippen LogP contribution in [0.2, 0.25) is 0 Å². The quantitative estimate of drug-likeness (QED) is 0.784. The van der Waals surface area contributed by atoms with Gasteiger partial charge in [-0.3, -0.25) is 4.98 Å². The molecule has 0 fully saturated rings. The average molecular weight is 340 g/mol. The first-order chi connectivity index (χ1) is 9.70. The summed E-state index contributed by atoms with van der Waals surface area (Å²) < 4.78 is 60.8. The lowest BCUT2D eigenvalue weighted by molar-refractivity contribution is -0.275. The van der Waals surface area contributed by atoms with Crippen LogP contribution in [0, 0.1) is 0 Å². The SMILES string of the molecule is O=S(=O)(Cl)c1ccccc1OC(F)(F)F.c1ccncc1. The predicted octanol–water partition coefficient (Wildman–Crippen LogP) is 3.59. The van der Waals surface area contributed by atoms with Crippen LogP contribution < -0.4 is 4.74 Å². The molecular formula is C12H9ClF3NO3S. The Labute approximate surface area is 123 Å². The molecule has 0 aliphatic rings. The maximum atomic E-state index is 11.8. The Morgan fingerprint density at radius 3 is 1.95 bits per heavy atom. The summed E-state index contributed by atoms with van der Waals surface area (Å²) in [6, 6.07) is 9.93. The molecule has 0 saturated carbocycles. The van der Waals surface area contributed by atoms with Gasteiger partial charge in [0.2, 0.25) is 0 Å². The van der Waals surface area contributed by atoms with Crippen molar-refractivity contribution in [3.63, 3.8) is 0 Å². The van der Waals surface area contributed by atoms with Crippen molar-refractivity contribution in [1.29, 1.82) is 0 Å². The monoisotopic (exact) mass is 339 g/mol. The molecule has 0 radical (unpaired) electrons. The minimum Gasteiger partial charge on any atom is -0.404 e. The van der Waals surface area contributed by atoms with Crippen LogP contribution in [0.15, 0.2) is 59.8 Å². The van der Waals surface area contributed by atoms with Crippen molar-refractivity contribution in [2.24, 2.45) is 0 Å². The van der Waals surface area contributed by atoms with E-state index in [9.17, 15) is 21.6 Å². The van der Waals surface area contributed by atoms with Crippen molar-refractivity contribution in [1.82, 2.24) is 4.98 Å². The molecule has 4 nitrogen and oxygen atoms in total. The van der Waals surface area contributed by atoms with Crippen LogP contribution in [0.4, 0.5) is 13.2 Å². The number of aromatic nitrogens is 1. The van der Waals surface area contributed by atoms with Gasteiger partial charge < -0.3 is 4.74 Å². The molecule has 0 N–H and O–H groups in total. The van der Waals surface area contributed by atoms with Gasteiger partial charge >= 0.3 is 6.36 Å². The number of benzene rings is 1. The number of alkyl halides is 3. The second-order valence-corrected chi connectivity index (χ2v) is 5.99. The minimum atomic E-state index is -4.96. The molecule has 114 valence electrons. The van der Waals surface area contributed by atoms with Gasteiger partial charge in [0.05, 0.1) is 0 Å². The van der Waals surface area contributed by atoms with Gasteiger partial charge in [-0.25, -0.2) is 8.42 Å². The van der Waals surface area contributed by atoms with Crippen molar-refractivity contribution in [3.8, 4) is 5.75 Å². The molecule has 1 aromatic heterocycles. The van der Waals surface area contributed by atoms with E-state index < -0.39 is 26.1 Å². The molecule has 1 heterocycles. The van der Waals surface area contributed by atoms with Crippen LogP contribution in [0.3, 0.4) is 0 Å². The first-order valence-corrected chi connectivity index (χ1v) is 7.65. The van der Waals surface area contributed by atoms with Crippen molar-refractivity contribution in [2.45, 2.75) is 11.3 Å². The van der Waals surface area contributed by atoms with E-state index >= 15 is 0 Å². The molecule has 0 bridgehead atoms. The van der Waals surface area contributed by atoms with E-state index in [-0.39, 0.29) is 0 Å². The van der Waals surface area contributed by atoms with Crippen LogP contribution in [-0.2, 0) is 9.05 Å². The Morgan fingerprint density at radius 1 is 1.00 bits per heavy atom. The lowest BCUT2D eigenvalue weighted by atomic mass is 10.3. The van der Waals surface area contributed by atoms with Gasteiger partial charge in [-0.2, -0.15) is 0 Å². The average Bonchev–Trinajstić information content (AvgIpc) is 2.39. The molecule has 0 aliphatic heterocycles. The molecule has 0 spiro atoms. The summed E-state index contributed by atoms with van der Waals surface area (Å²) >= 11 is 0. The highest BCUT2D eigenvalue weighted by atomic mass is 35.7. The zero-order valence-electron chi connectivity index (χ0n) is 10.3. The topological polar surface area (TPSA) is 56.3 Å². The molecule has 2 rings (SSSR count). The lowest BCUT2D eigenvalue weighted by Crippen LogP contribution is -2.18. The lowest BCUT2D eigenvalue weighted by Gasteiger charge is -2.10. The van der Waals surface area contributed by atoms with Gasteiger partial charge in [0.1, 0.15) is 10.6 Å². The van der Waals surface area contributed by atoms with Gasteiger partial charge in [-0.05, 0) is 24.3 Å². The Hall–Kier alpha value is -1.80. The Morgan fingerprint density at radius 2 is 1.57 bits per heavy atom. The number of pyridine rings is 1. The first-order valence-electron chi connectivity index (χ1n) is 5.34. The van der Waals surface area contributed by atoms with E-state index in [0.29, 0.717) is 0 Å². The fourth-order valence-corrected chi connectivity index (χ4v) is 2.15. The fraction of sp³-hybridized carbons (Fsp3) is 0.0833. The third-order valence-electron chi connectivity index (χ3n) is 1.90. The zero-order chi connectivity index (χ0) is 15.9. The predicted molar refractivity (Wildman–Crippen MR) is 70.4 cm³/mol. The fourth-order valence-electron chi connectivity index (χ4n) is 1.17. The number of nitrogens with zero attached hydrogens (tertiary/aromatic N) is 1. The van der Waals surface area contributed by atoms with Crippen molar-refractivity contribution in [3.05, 3.63) is 54.9 Å². The molecule has 1 aromatic carbocycles. The highest BCUT2D eigenvalue weighted by Crippen LogP contribution is 2.30. The van der Waals surface area contributed by atoms with Crippen molar-refractivity contribution in [2.75, 3.05) is 0 Å². The molecule has 2 aromatic rings. The maximum Gasteiger partial charge on any atom is 0.573 e. The van der Waals surface area contributed by atoms with Crippen LogP contribution in [-0.4, -0.2) is 19.8 Å². The highest BCUT2D eigenvalue weighted by molar-refractivity contribution is 8.13. The summed E-state index contributed by atoms with van der Waals surface area (Å²) in [5.41, 5.74) is 0. The molecule has 9 heteroatoms. The molecule has 0 saturated heterocycles. The van der Waals surface area contributed by atoms with Gasteiger partial charge in [0, 0.05) is 23.1 Å². The summed E-state index contributed by atoms with van der Waals surface area (Å²) in [6.07, 6.45) is -1.46. The molecule has 0 amide bonds. The van der Waals surface area contributed by atoms with E-state index in [1.54, 1.807) is 12.4 Å². The van der Waals surface area contributed by atoms with Gasteiger partial charge in [0.25, 0.3) is 9.05 Å². The van der Waals surface area contributed by atoms with Crippen LogP contribution in [0.5, 0.6) is 5.75 Å². The van der Waals surface area contributed by atoms with E-state index in [1.807, 2.05) is 18.2 Å². The van der Waals surface area contributed by atoms with Crippen molar-refractivity contribution < 1.29 is 26.3 Å². The Balaban J connectivity index is 0.000000304. The van der Waals surface area contributed by atoms with Gasteiger partial charge in [-0.15, -0.1) is 13.2 Å². The van der Waals surface area contributed by atoms with E-state index in [1.165, 1.54) is 12.1 Å². The van der Waals surface area contributed by atoms with Gasteiger partial charge in [-0.1, -0.05) is 18.2 Å². The molecule has 0 atom stereocenters. The minimum absolute atomic E-state index is 0.719. The number of ether oxygens (including phenoxy) is 1. The standard InChI is InChI=1S/C7H4ClF3O3S.C5H5N/c8-15(12,13)6-4-2-1-3-5(6)14-7(9,10)11;1-2-4-6-5-3-1/h1-4H;1-5H. The third kappa shape index (κ3) is 6.96. The summed E-state index contributed by atoms with van der Waals surface area (Å²) in [6.45, 7) is 0. The highest BCUT2D eigenvalue weighted by Gasteiger charge is 2.33. The number of hydrogen-bond acceptors (Lipinski definition) is 4. The number of para-hydroxylation sites is 1. The molecule has 0 aliphatic carbocycles. The van der Waals surface area contributed by atoms with Gasteiger partial charge in [0.15, 0.2) is 0 Å². The Bertz CT molecular complexity index is 636. The normalized spacial score (nSPS) is 11.2. The van der Waals surface area contributed by atoms with E-state index in [4.69, 9.17) is 10.7 Å². The maximum absolute atomic E-state index is 11.8. The number of hydrogen-bond donors (Lipinski definition) is 0. The van der Waals surface area contributed by atoms with Crippen molar-refractivity contribution >= 4 is 19.7 Å². The Kier molecular flexibility index (Phi) is 5.98. The molecular weight excluding hydrogens is 331 g/mol. The molecule has 0 unspecified atom stereocenters. The summed E-state index contributed by atoms with van der Waals surface area (Å²) in [4.78, 5) is 3.07. The zero-order valence-corrected chi connectivity index (χ0v) is 11.9. The first kappa shape index (κ1) is 17.3. The van der Waals surface area contributed by atoms with Crippen LogP contribution in [0.1, 0.15) is 0 Å². The summed E-state index contributed by atoms with van der Waals surface area (Å²) in [7, 11) is 0.659. The van der Waals surface area contributed by atoms with Crippen LogP contribution in [0.25, 0.3) is 0 Å². The molecule has 21 heavy (non-hydrogen) atoms. The number of rotatable bonds is 2. The van der Waals surface area contributed by atoms with Crippen LogP contribution >= 0.6 is 10.7 Å². The smallest absolute Gasteiger partial charge is 0.404 e.